The third kappa shape index (κ3) is 3.85. The minimum Gasteiger partial charge on any atom is -0.489 e. The molecule has 0 aromatic heterocycles. The van der Waals surface area contributed by atoms with E-state index in [1.165, 1.54) is 20.1 Å². The molecule has 0 radical (unpaired) electrons. The predicted molar refractivity (Wildman–Crippen MR) is 79.9 cm³/mol. The first-order valence-electron chi connectivity index (χ1n) is 6.68. The smallest absolute Gasteiger partial charge is 0.341 e. The van der Waals surface area contributed by atoms with Crippen molar-refractivity contribution in [3.63, 3.8) is 0 Å². The van der Waals surface area contributed by atoms with Crippen LogP contribution in [0.15, 0.2) is 48.5 Å². The average molecular weight is 300 g/mol. The average Bonchev–Trinajstić information content (AvgIpc) is 2.53. The monoisotopic (exact) mass is 300 g/mol. The highest BCUT2D eigenvalue weighted by Gasteiger charge is 2.18. The number of para-hydroxylation sites is 2. The molecular weight excluding hydrogens is 284 g/mol. The summed E-state index contributed by atoms with van der Waals surface area (Å²) in [5, 5.41) is 0. The van der Waals surface area contributed by atoms with Crippen LogP contribution < -0.4 is 9.47 Å². The van der Waals surface area contributed by atoms with Crippen molar-refractivity contribution in [1.29, 1.82) is 0 Å². The predicted octanol–water partition coefficient (Wildman–Crippen LogP) is 2.98. The highest BCUT2D eigenvalue weighted by Crippen LogP contribution is 2.26. The van der Waals surface area contributed by atoms with E-state index in [4.69, 9.17) is 14.2 Å². The van der Waals surface area contributed by atoms with Crippen molar-refractivity contribution in [3.05, 3.63) is 59.7 Å². The normalized spacial score (nSPS) is 9.91. The topological polar surface area (TPSA) is 61.8 Å². The van der Waals surface area contributed by atoms with Gasteiger partial charge in [0.2, 0.25) is 0 Å². The zero-order chi connectivity index (χ0) is 15.9. The summed E-state index contributed by atoms with van der Waals surface area (Å²) < 4.78 is 15.5. The zero-order valence-corrected chi connectivity index (χ0v) is 12.4. The number of hydrogen-bond acceptors (Lipinski definition) is 5. The van der Waals surface area contributed by atoms with Gasteiger partial charge in [0.05, 0.1) is 7.11 Å². The fraction of sp³-hybridized carbons (Fsp3) is 0.176. The molecule has 0 spiro atoms. The van der Waals surface area contributed by atoms with Crippen LogP contribution in [0.2, 0.25) is 0 Å². The Morgan fingerprint density at radius 1 is 1.00 bits per heavy atom. The minimum absolute atomic E-state index is 0.164. The molecule has 0 atom stereocenters. The molecule has 2 aromatic carbocycles. The molecule has 0 aliphatic rings. The summed E-state index contributed by atoms with van der Waals surface area (Å²) in [6.45, 7) is 1.44. The molecule has 0 fully saturated rings. The van der Waals surface area contributed by atoms with Crippen LogP contribution in [0.1, 0.15) is 22.8 Å². The molecule has 0 bridgehead atoms. The van der Waals surface area contributed by atoms with E-state index in [9.17, 15) is 9.59 Å². The van der Waals surface area contributed by atoms with E-state index < -0.39 is 11.9 Å². The molecule has 0 amide bonds. The third-order valence-electron chi connectivity index (χ3n) is 2.89. The van der Waals surface area contributed by atoms with Gasteiger partial charge in [-0.3, -0.25) is 4.79 Å². The van der Waals surface area contributed by atoms with E-state index in [1.807, 2.05) is 30.3 Å². The van der Waals surface area contributed by atoms with Crippen LogP contribution in [0.5, 0.6) is 11.5 Å². The van der Waals surface area contributed by atoms with E-state index in [-0.39, 0.29) is 17.9 Å². The molecule has 2 rings (SSSR count). The molecule has 114 valence electrons. The van der Waals surface area contributed by atoms with Gasteiger partial charge in [0.25, 0.3) is 0 Å². The molecule has 5 heteroatoms. The van der Waals surface area contributed by atoms with Crippen molar-refractivity contribution in [2.45, 2.75) is 13.5 Å². The van der Waals surface area contributed by atoms with Gasteiger partial charge in [-0.2, -0.15) is 0 Å². The summed E-state index contributed by atoms with van der Waals surface area (Å²) in [6.07, 6.45) is 0. The summed E-state index contributed by atoms with van der Waals surface area (Å²) in [5.41, 5.74) is 0.772. The maximum Gasteiger partial charge on any atom is 0.341 e. The van der Waals surface area contributed by atoms with Gasteiger partial charge in [-0.1, -0.05) is 30.3 Å². The standard InChI is InChI=1S/C17H16O5/c1-12(18)22-16-13(7-6-10-15(16)17(19)20-2)11-21-14-8-4-3-5-9-14/h3-10H,11H2,1-2H3. The first-order chi connectivity index (χ1) is 10.6. The molecule has 0 saturated heterocycles. The largest absolute Gasteiger partial charge is 0.489 e. The SMILES string of the molecule is COC(=O)c1cccc(COc2ccccc2)c1OC(C)=O. The fourth-order valence-corrected chi connectivity index (χ4v) is 1.91. The number of esters is 2. The highest BCUT2D eigenvalue weighted by molar-refractivity contribution is 5.93. The Kier molecular flexibility index (Phi) is 5.14. The second kappa shape index (κ2) is 7.26. The van der Waals surface area contributed by atoms with Gasteiger partial charge >= 0.3 is 11.9 Å². The Bertz CT molecular complexity index is 664. The minimum atomic E-state index is -0.571. The molecule has 22 heavy (non-hydrogen) atoms. The number of carbonyl (C=O) groups excluding carboxylic acids is 2. The van der Waals surface area contributed by atoms with Gasteiger partial charge in [-0.25, -0.2) is 4.79 Å². The number of carbonyl (C=O) groups is 2. The lowest BCUT2D eigenvalue weighted by molar-refractivity contribution is -0.131. The highest BCUT2D eigenvalue weighted by atomic mass is 16.5. The molecule has 2 aromatic rings. The fourth-order valence-electron chi connectivity index (χ4n) is 1.91. The maximum atomic E-state index is 11.8. The second-order valence-electron chi connectivity index (χ2n) is 4.48. The van der Waals surface area contributed by atoms with Crippen LogP contribution >= 0.6 is 0 Å². The van der Waals surface area contributed by atoms with Crippen LogP contribution in [-0.4, -0.2) is 19.0 Å². The van der Waals surface area contributed by atoms with Crippen molar-refractivity contribution in [2.75, 3.05) is 7.11 Å². The molecular formula is C17H16O5. The van der Waals surface area contributed by atoms with E-state index in [1.54, 1.807) is 12.1 Å². The van der Waals surface area contributed by atoms with Crippen molar-refractivity contribution in [2.24, 2.45) is 0 Å². The van der Waals surface area contributed by atoms with E-state index in [0.29, 0.717) is 11.3 Å². The molecule has 0 aliphatic carbocycles. The van der Waals surface area contributed by atoms with E-state index in [2.05, 4.69) is 0 Å². The first kappa shape index (κ1) is 15.6. The summed E-state index contributed by atoms with van der Waals surface area (Å²) >= 11 is 0. The van der Waals surface area contributed by atoms with Crippen LogP contribution in [0.25, 0.3) is 0 Å². The van der Waals surface area contributed by atoms with Crippen molar-refractivity contribution in [3.8, 4) is 11.5 Å². The van der Waals surface area contributed by atoms with Crippen molar-refractivity contribution >= 4 is 11.9 Å². The number of benzene rings is 2. The van der Waals surface area contributed by atoms with Gasteiger partial charge in [0.1, 0.15) is 17.9 Å². The lowest BCUT2D eigenvalue weighted by Crippen LogP contribution is -2.12. The van der Waals surface area contributed by atoms with E-state index in [0.717, 1.165) is 0 Å². The van der Waals surface area contributed by atoms with Gasteiger partial charge in [0.15, 0.2) is 5.75 Å². The molecule has 0 saturated carbocycles. The number of rotatable bonds is 5. The zero-order valence-electron chi connectivity index (χ0n) is 12.4. The molecule has 0 heterocycles. The summed E-state index contributed by atoms with van der Waals surface area (Å²) in [7, 11) is 1.27. The van der Waals surface area contributed by atoms with Crippen LogP contribution in [0.3, 0.4) is 0 Å². The quantitative estimate of drug-likeness (QED) is 0.627. The van der Waals surface area contributed by atoms with Crippen LogP contribution in [0, 0.1) is 0 Å². The van der Waals surface area contributed by atoms with Gasteiger partial charge in [0, 0.05) is 12.5 Å². The Hall–Kier alpha value is -2.82. The van der Waals surface area contributed by atoms with Crippen molar-refractivity contribution < 1.29 is 23.8 Å². The molecule has 0 unspecified atom stereocenters. The third-order valence-corrected chi connectivity index (χ3v) is 2.89. The van der Waals surface area contributed by atoms with Crippen LogP contribution in [0.4, 0.5) is 0 Å². The van der Waals surface area contributed by atoms with Crippen LogP contribution in [-0.2, 0) is 16.1 Å². The summed E-state index contributed by atoms with van der Waals surface area (Å²) in [4.78, 5) is 23.1. The lowest BCUT2D eigenvalue weighted by atomic mass is 10.1. The lowest BCUT2D eigenvalue weighted by Gasteiger charge is -2.13. The Morgan fingerprint density at radius 2 is 1.73 bits per heavy atom. The van der Waals surface area contributed by atoms with Gasteiger partial charge in [-0.15, -0.1) is 0 Å². The Labute approximate surface area is 128 Å². The van der Waals surface area contributed by atoms with E-state index >= 15 is 0 Å². The maximum absolute atomic E-state index is 11.8. The van der Waals surface area contributed by atoms with Gasteiger partial charge < -0.3 is 14.2 Å². The Balaban J connectivity index is 2.29. The molecule has 0 N–H and O–H groups in total. The summed E-state index contributed by atoms with van der Waals surface area (Å²) in [5.74, 6) is -0.243. The second-order valence-corrected chi connectivity index (χ2v) is 4.48. The summed E-state index contributed by atoms with van der Waals surface area (Å²) in [6, 6.07) is 14.2. The number of ether oxygens (including phenoxy) is 3. The van der Waals surface area contributed by atoms with Crippen molar-refractivity contribution in [1.82, 2.24) is 0 Å². The number of hydrogen-bond donors (Lipinski definition) is 0. The molecule has 5 nitrogen and oxygen atoms in total. The first-order valence-corrected chi connectivity index (χ1v) is 6.68. The molecule has 0 aliphatic heterocycles. The Morgan fingerprint density at radius 3 is 2.36 bits per heavy atom. The number of methoxy groups -OCH3 is 1. The van der Waals surface area contributed by atoms with Gasteiger partial charge in [-0.05, 0) is 18.2 Å².